The van der Waals surface area contributed by atoms with Crippen molar-refractivity contribution in [2.24, 2.45) is 4.99 Å². The van der Waals surface area contributed by atoms with E-state index in [9.17, 15) is 4.79 Å². The molecule has 126 valence electrons. The number of nitrogens with one attached hydrogen (secondary N) is 2. The van der Waals surface area contributed by atoms with Crippen LogP contribution in [0.15, 0.2) is 29.4 Å². The minimum absolute atomic E-state index is 0.286. The second-order valence-electron chi connectivity index (χ2n) is 5.60. The highest BCUT2D eigenvalue weighted by Gasteiger charge is 2.18. The molecule has 23 heavy (non-hydrogen) atoms. The number of aliphatic imine (C=N–C) groups is 1. The third-order valence-corrected chi connectivity index (χ3v) is 3.77. The van der Waals surface area contributed by atoms with Crippen molar-refractivity contribution in [3.63, 3.8) is 0 Å². The molecule has 0 aliphatic carbocycles. The van der Waals surface area contributed by atoms with Crippen molar-refractivity contribution >= 4 is 11.9 Å². The van der Waals surface area contributed by atoms with Crippen LogP contribution in [0.2, 0.25) is 0 Å². The number of hydrogen-bond acceptors (Lipinski definition) is 3. The van der Waals surface area contributed by atoms with Crippen LogP contribution in [0.4, 0.5) is 0 Å². The van der Waals surface area contributed by atoms with Gasteiger partial charge in [-0.2, -0.15) is 0 Å². The smallest absolute Gasteiger partial charge is 0.222 e. The summed E-state index contributed by atoms with van der Waals surface area (Å²) in [5.74, 6) is 1.12. The van der Waals surface area contributed by atoms with Crippen molar-refractivity contribution in [2.45, 2.75) is 32.6 Å². The van der Waals surface area contributed by atoms with Crippen LogP contribution in [-0.2, 0) is 11.2 Å². The highest BCUT2D eigenvalue weighted by atomic mass is 16.2. The van der Waals surface area contributed by atoms with E-state index in [1.165, 1.54) is 0 Å². The largest absolute Gasteiger partial charge is 0.357 e. The molecule has 0 aromatic carbocycles. The van der Waals surface area contributed by atoms with E-state index in [1.807, 2.05) is 29.3 Å². The number of rotatable bonds is 8. The van der Waals surface area contributed by atoms with Crippen molar-refractivity contribution in [1.29, 1.82) is 0 Å². The zero-order valence-corrected chi connectivity index (χ0v) is 13.9. The molecule has 1 aromatic heterocycles. The normalized spacial score (nSPS) is 15.1. The standard InChI is InChI=1S/C17H27N5O/c1-2-18-17(21-12-9-15-7-3-4-10-19-15)20-11-6-14-22-13-5-8-16(22)23/h3-4,7,10H,2,5-6,8-9,11-14H2,1H3,(H2,18,20,21). The highest BCUT2D eigenvalue weighted by molar-refractivity contribution is 5.79. The van der Waals surface area contributed by atoms with E-state index in [-0.39, 0.29) is 5.91 Å². The van der Waals surface area contributed by atoms with E-state index < -0.39 is 0 Å². The molecule has 0 saturated carbocycles. The molecule has 1 aromatic rings. The number of aromatic nitrogens is 1. The van der Waals surface area contributed by atoms with Gasteiger partial charge >= 0.3 is 0 Å². The van der Waals surface area contributed by atoms with Crippen LogP contribution in [0.5, 0.6) is 0 Å². The van der Waals surface area contributed by atoms with Gasteiger partial charge in [-0.05, 0) is 31.9 Å². The monoisotopic (exact) mass is 317 g/mol. The lowest BCUT2D eigenvalue weighted by atomic mass is 10.3. The quantitative estimate of drug-likeness (QED) is 0.429. The van der Waals surface area contributed by atoms with Crippen molar-refractivity contribution in [3.05, 3.63) is 30.1 Å². The summed E-state index contributed by atoms with van der Waals surface area (Å²) in [6, 6.07) is 5.95. The maximum atomic E-state index is 11.5. The Bertz CT molecular complexity index is 503. The van der Waals surface area contributed by atoms with E-state index >= 15 is 0 Å². The molecule has 2 N–H and O–H groups in total. The molecule has 1 aliphatic rings. The maximum absolute atomic E-state index is 11.5. The first kappa shape index (κ1) is 17.2. The molecule has 0 bridgehead atoms. The summed E-state index contributed by atoms with van der Waals surface area (Å²) in [5, 5.41) is 6.57. The molecule has 0 atom stereocenters. The summed E-state index contributed by atoms with van der Waals surface area (Å²) in [7, 11) is 0. The molecular formula is C17H27N5O. The summed E-state index contributed by atoms with van der Waals surface area (Å²) in [4.78, 5) is 22.4. The van der Waals surface area contributed by atoms with E-state index in [4.69, 9.17) is 0 Å². The molecular weight excluding hydrogens is 290 g/mol. The van der Waals surface area contributed by atoms with Gasteiger partial charge in [0.25, 0.3) is 0 Å². The lowest BCUT2D eigenvalue weighted by Crippen LogP contribution is -2.38. The molecule has 1 amide bonds. The fourth-order valence-electron chi connectivity index (χ4n) is 2.59. The number of carbonyl (C=O) groups excluding carboxylic acids is 1. The van der Waals surface area contributed by atoms with Crippen LogP contribution >= 0.6 is 0 Å². The summed E-state index contributed by atoms with van der Waals surface area (Å²) < 4.78 is 0. The summed E-state index contributed by atoms with van der Waals surface area (Å²) >= 11 is 0. The van der Waals surface area contributed by atoms with Gasteiger partial charge < -0.3 is 15.5 Å². The van der Waals surface area contributed by atoms with E-state index in [1.54, 1.807) is 0 Å². The molecule has 6 heteroatoms. The van der Waals surface area contributed by atoms with Crippen molar-refractivity contribution in [1.82, 2.24) is 20.5 Å². The first-order valence-electron chi connectivity index (χ1n) is 8.49. The SMILES string of the molecule is CCNC(=NCCCN1CCCC1=O)NCCc1ccccn1. The van der Waals surface area contributed by atoms with Crippen LogP contribution in [-0.4, -0.2) is 54.5 Å². The third kappa shape index (κ3) is 6.26. The lowest BCUT2D eigenvalue weighted by Gasteiger charge is -2.15. The molecule has 0 radical (unpaired) electrons. The molecule has 0 spiro atoms. The summed E-state index contributed by atoms with van der Waals surface area (Å²) in [6.45, 7) is 6.13. The number of guanidine groups is 1. The minimum atomic E-state index is 0.286. The van der Waals surface area contributed by atoms with Crippen LogP contribution in [0, 0.1) is 0 Å². The molecule has 2 heterocycles. The molecule has 0 unspecified atom stereocenters. The number of amides is 1. The zero-order chi connectivity index (χ0) is 16.3. The van der Waals surface area contributed by atoms with Crippen LogP contribution in [0.1, 0.15) is 31.9 Å². The Kier molecular flexibility index (Phi) is 7.36. The third-order valence-electron chi connectivity index (χ3n) is 3.77. The van der Waals surface area contributed by atoms with Gasteiger partial charge in [-0.25, -0.2) is 0 Å². The predicted molar refractivity (Wildman–Crippen MR) is 92.4 cm³/mol. The number of carbonyl (C=O) groups is 1. The average molecular weight is 317 g/mol. The second kappa shape index (κ2) is 9.82. The number of pyridine rings is 1. The van der Waals surface area contributed by atoms with Gasteiger partial charge in [0, 0.05) is 57.5 Å². The Morgan fingerprint density at radius 2 is 2.30 bits per heavy atom. The Labute approximate surface area is 138 Å². The number of nitrogens with zero attached hydrogens (tertiary/aromatic N) is 3. The summed E-state index contributed by atoms with van der Waals surface area (Å²) in [6.07, 6.45) is 5.30. The fraction of sp³-hybridized carbons (Fsp3) is 0.588. The Hall–Kier alpha value is -2.11. The fourth-order valence-corrected chi connectivity index (χ4v) is 2.59. The number of hydrogen-bond donors (Lipinski definition) is 2. The maximum Gasteiger partial charge on any atom is 0.222 e. The van der Waals surface area contributed by atoms with Crippen LogP contribution in [0.25, 0.3) is 0 Å². The highest BCUT2D eigenvalue weighted by Crippen LogP contribution is 2.09. The van der Waals surface area contributed by atoms with Gasteiger partial charge in [-0.1, -0.05) is 6.07 Å². The zero-order valence-electron chi connectivity index (χ0n) is 13.9. The van der Waals surface area contributed by atoms with Crippen LogP contribution < -0.4 is 10.6 Å². The first-order valence-corrected chi connectivity index (χ1v) is 8.49. The Morgan fingerprint density at radius 3 is 3.00 bits per heavy atom. The lowest BCUT2D eigenvalue weighted by molar-refractivity contribution is -0.127. The Balaban J connectivity index is 1.68. The van der Waals surface area contributed by atoms with Crippen LogP contribution in [0.3, 0.4) is 0 Å². The van der Waals surface area contributed by atoms with Crippen molar-refractivity contribution < 1.29 is 4.79 Å². The molecule has 1 saturated heterocycles. The van der Waals surface area contributed by atoms with Gasteiger partial charge in [0.2, 0.25) is 5.91 Å². The minimum Gasteiger partial charge on any atom is -0.357 e. The van der Waals surface area contributed by atoms with Gasteiger partial charge in [-0.3, -0.25) is 14.8 Å². The molecule has 6 nitrogen and oxygen atoms in total. The summed E-state index contributed by atoms with van der Waals surface area (Å²) in [5.41, 5.74) is 1.07. The molecule has 2 rings (SSSR count). The van der Waals surface area contributed by atoms with E-state index in [0.29, 0.717) is 6.42 Å². The average Bonchev–Trinajstić information content (AvgIpc) is 2.97. The van der Waals surface area contributed by atoms with Crippen molar-refractivity contribution in [2.75, 3.05) is 32.7 Å². The Morgan fingerprint density at radius 1 is 1.39 bits per heavy atom. The second-order valence-corrected chi connectivity index (χ2v) is 5.60. The first-order chi connectivity index (χ1) is 11.3. The topological polar surface area (TPSA) is 69.6 Å². The molecule has 1 aliphatic heterocycles. The van der Waals surface area contributed by atoms with Gasteiger partial charge in [0.05, 0.1) is 0 Å². The van der Waals surface area contributed by atoms with Gasteiger partial charge in [-0.15, -0.1) is 0 Å². The number of likely N-dealkylation sites (tertiary alicyclic amines) is 1. The van der Waals surface area contributed by atoms with Gasteiger partial charge in [0.1, 0.15) is 0 Å². The predicted octanol–water partition coefficient (Wildman–Crippen LogP) is 1.19. The molecule has 1 fully saturated rings. The van der Waals surface area contributed by atoms with E-state index in [2.05, 4.69) is 27.5 Å². The van der Waals surface area contributed by atoms with Crippen molar-refractivity contribution in [3.8, 4) is 0 Å². The van der Waals surface area contributed by atoms with Gasteiger partial charge in [0.15, 0.2) is 5.96 Å². The van der Waals surface area contributed by atoms with E-state index in [0.717, 1.165) is 63.6 Å².